The van der Waals surface area contributed by atoms with Gasteiger partial charge in [0.1, 0.15) is 11.6 Å². The number of ether oxygens (including phenoxy) is 1. The smallest absolute Gasteiger partial charge is 0.224 e. The Morgan fingerprint density at radius 1 is 1.14 bits per heavy atom. The van der Waals surface area contributed by atoms with Crippen LogP contribution in [0.2, 0.25) is 0 Å². The van der Waals surface area contributed by atoms with Crippen molar-refractivity contribution < 1.29 is 17.5 Å². The average molecular weight is 409 g/mol. The van der Waals surface area contributed by atoms with Crippen LogP contribution in [0.15, 0.2) is 30.3 Å². The largest absolute Gasteiger partial charge is 0.378 e. The normalized spacial score (nSPS) is 14.9. The number of sulfonamides is 1. The number of aryl methyl sites for hydroxylation is 1. The molecule has 2 heterocycles. The maximum Gasteiger partial charge on any atom is 0.224 e. The van der Waals surface area contributed by atoms with Crippen LogP contribution >= 0.6 is 0 Å². The molecule has 0 atom stereocenters. The second-order valence-electron chi connectivity index (χ2n) is 6.50. The molecule has 1 aliphatic rings. The number of halogens is 1. The molecule has 1 saturated heterocycles. The van der Waals surface area contributed by atoms with Gasteiger partial charge in [-0.05, 0) is 24.6 Å². The van der Waals surface area contributed by atoms with Crippen molar-refractivity contribution in [3.63, 3.8) is 0 Å². The molecule has 1 aromatic carbocycles. The minimum atomic E-state index is -3.51. The molecular formula is C18H24FN5O3S. The van der Waals surface area contributed by atoms with E-state index in [9.17, 15) is 12.8 Å². The summed E-state index contributed by atoms with van der Waals surface area (Å²) in [5, 5.41) is 3.05. The number of morpholine rings is 1. The Morgan fingerprint density at radius 2 is 1.86 bits per heavy atom. The second-order valence-corrected chi connectivity index (χ2v) is 8.30. The third kappa shape index (κ3) is 6.11. The molecule has 0 aliphatic carbocycles. The highest BCUT2D eigenvalue weighted by atomic mass is 32.2. The molecule has 2 aromatic rings. The number of nitrogens with one attached hydrogen (secondary N) is 2. The van der Waals surface area contributed by atoms with Crippen molar-refractivity contribution in [2.45, 2.75) is 12.7 Å². The van der Waals surface area contributed by atoms with Crippen LogP contribution in [0.4, 0.5) is 16.2 Å². The molecule has 0 radical (unpaired) electrons. The summed E-state index contributed by atoms with van der Waals surface area (Å²) in [4.78, 5) is 11.0. The van der Waals surface area contributed by atoms with E-state index in [-0.39, 0.29) is 12.3 Å². The summed E-state index contributed by atoms with van der Waals surface area (Å²) in [7, 11) is -3.51. The third-order valence-electron chi connectivity index (χ3n) is 4.18. The van der Waals surface area contributed by atoms with Crippen molar-refractivity contribution in [1.29, 1.82) is 0 Å². The van der Waals surface area contributed by atoms with E-state index in [0.29, 0.717) is 31.3 Å². The summed E-state index contributed by atoms with van der Waals surface area (Å²) in [6.45, 7) is 5.31. The molecule has 10 heteroatoms. The number of anilines is 2. The quantitative estimate of drug-likeness (QED) is 0.634. The van der Waals surface area contributed by atoms with E-state index < -0.39 is 15.8 Å². The predicted molar refractivity (Wildman–Crippen MR) is 105 cm³/mol. The molecule has 0 saturated carbocycles. The van der Waals surface area contributed by atoms with E-state index in [4.69, 9.17) is 4.74 Å². The molecular weight excluding hydrogens is 385 g/mol. The number of nitrogens with zero attached hydrogens (tertiary/aromatic N) is 3. The average Bonchev–Trinajstić information content (AvgIpc) is 2.67. The van der Waals surface area contributed by atoms with E-state index >= 15 is 0 Å². The second kappa shape index (κ2) is 9.26. The molecule has 152 valence electrons. The summed E-state index contributed by atoms with van der Waals surface area (Å²) in [5.74, 6) is 0.692. The van der Waals surface area contributed by atoms with Crippen LogP contribution in [0.3, 0.4) is 0 Å². The highest BCUT2D eigenvalue weighted by molar-refractivity contribution is 7.88. The lowest BCUT2D eigenvalue weighted by molar-refractivity contribution is 0.122. The fraction of sp³-hybridized carbons (Fsp3) is 0.444. The van der Waals surface area contributed by atoms with E-state index in [1.54, 1.807) is 0 Å². The topological polar surface area (TPSA) is 96.5 Å². The Labute approximate surface area is 164 Å². The van der Waals surface area contributed by atoms with Gasteiger partial charge in [-0.25, -0.2) is 22.5 Å². The van der Waals surface area contributed by atoms with Gasteiger partial charge in [0.2, 0.25) is 16.0 Å². The van der Waals surface area contributed by atoms with Gasteiger partial charge >= 0.3 is 0 Å². The van der Waals surface area contributed by atoms with Gasteiger partial charge in [-0.1, -0.05) is 12.1 Å². The van der Waals surface area contributed by atoms with E-state index in [0.717, 1.165) is 24.6 Å². The summed E-state index contributed by atoms with van der Waals surface area (Å²) in [6.07, 6.45) is 0. The van der Waals surface area contributed by atoms with Gasteiger partial charge in [-0.15, -0.1) is 0 Å². The molecule has 0 unspecified atom stereocenters. The third-order valence-corrected chi connectivity index (χ3v) is 5.53. The highest BCUT2D eigenvalue weighted by Crippen LogP contribution is 2.16. The molecule has 0 bridgehead atoms. The molecule has 2 N–H and O–H groups in total. The lowest BCUT2D eigenvalue weighted by Crippen LogP contribution is -2.37. The Morgan fingerprint density at radius 3 is 2.57 bits per heavy atom. The Balaban J connectivity index is 1.50. The minimum Gasteiger partial charge on any atom is -0.378 e. The number of hydrogen-bond donors (Lipinski definition) is 2. The lowest BCUT2D eigenvalue weighted by Gasteiger charge is -2.28. The fourth-order valence-corrected chi connectivity index (χ4v) is 3.96. The number of rotatable bonds is 8. The summed E-state index contributed by atoms with van der Waals surface area (Å²) < 4.78 is 45.0. The first-order chi connectivity index (χ1) is 13.4. The Hall–Kier alpha value is -2.30. The molecule has 1 aliphatic heterocycles. The van der Waals surface area contributed by atoms with Gasteiger partial charge in [0, 0.05) is 37.9 Å². The maximum atomic E-state index is 12.9. The summed E-state index contributed by atoms with van der Waals surface area (Å²) in [5.41, 5.74) is 1.36. The first kappa shape index (κ1) is 20.4. The van der Waals surface area contributed by atoms with Crippen LogP contribution in [0, 0.1) is 12.7 Å². The molecule has 0 spiro atoms. The van der Waals surface area contributed by atoms with Crippen molar-refractivity contribution in [2.24, 2.45) is 0 Å². The predicted octanol–water partition coefficient (Wildman–Crippen LogP) is 1.29. The van der Waals surface area contributed by atoms with Crippen molar-refractivity contribution in [3.05, 3.63) is 47.4 Å². The molecule has 1 aromatic heterocycles. The Bertz CT molecular complexity index is 887. The first-order valence-electron chi connectivity index (χ1n) is 9.05. The van der Waals surface area contributed by atoms with Crippen molar-refractivity contribution in [3.8, 4) is 0 Å². The molecule has 3 rings (SSSR count). The van der Waals surface area contributed by atoms with Crippen LogP contribution in [0.25, 0.3) is 0 Å². The Kier molecular flexibility index (Phi) is 6.76. The van der Waals surface area contributed by atoms with Crippen molar-refractivity contribution >= 4 is 21.8 Å². The van der Waals surface area contributed by atoms with E-state index in [1.807, 2.05) is 13.0 Å². The zero-order valence-corrected chi connectivity index (χ0v) is 16.5. The van der Waals surface area contributed by atoms with Gasteiger partial charge in [0.15, 0.2) is 0 Å². The van der Waals surface area contributed by atoms with E-state index in [2.05, 4.69) is 24.9 Å². The van der Waals surface area contributed by atoms with Crippen LogP contribution in [-0.4, -0.2) is 57.8 Å². The molecule has 28 heavy (non-hydrogen) atoms. The van der Waals surface area contributed by atoms with Crippen LogP contribution < -0.4 is 14.9 Å². The molecule has 1 fully saturated rings. The van der Waals surface area contributed by atoms with Crippen LogP contribution in [-0.2, 0) is 20.5 Å². The van der Waals surface area contributed by atoms with E-state index in [1.165, 1.54) is 24.3 Å². The number of aromatic nitrogens is 2. The monoisotopic (exact) mass is 409 g/mol. The maximum absolute atomic E-state index is 12.9. The van der Waals surface area contributed by atoms with Gasteiger partial charge in [-0.3, -0.25) is 0 Å². The first-order valence-corrected chi connectivity index (χ1v) is 10.7. The van der Waals surface area contributed by atoms with Crippen molar-refractivity contribution in [1.82, 2.24) is 14.7 Å². The zero-order valence-electron chi connectivity index (χ0n) is 15.7. The van der Waals surface area contributed by atoms with Gasteiger partial charge in [0.05, 0.1) is 19.0 Å². The minimum absolute atomic E-state index is 0.188. The van der Waals surface area contributed by atoms with Crippen LogP contribution in [0.1, 0.15) is 11.3 Å². The van der Waals surface area contributed by atoms with Crippen molar-refractivity contribution in [2.75, 3.05) is 49.6 Å². The summed E-state index contributed by atoms with van der Waals surface area (Å²) in [6, 6.07) is 7.32. The zero-order chi connectivity index (χ0) is 20.0. The fourth-order valence-electron chi connectivity index (χ4n) is 2.82. The SMILES string of the molecule is Cc1cc(N2CCOCC2)nc(NCCNS(=O)(=O)Cc2ccc(F)cc2)n1. The standard InChI is InChI=1S/C18H24FN5O3S/c1-14-12-17(24-8-10-27-11-9-24)23-18(22-14)20-6-7-21-28(25,26)13-15-2-4-16(19)5-3-15/h2-5,12,21H,6-11,13H2,1H3,(H,20,22,23). The van der Waals surface area contributed by atoms with Crippen LogP contribution in [0.5, 0.6) is 0 Å². The molecule has 8 nitrogen and oxygen atoms in total. The molecule has 0 amide bonds. The lowest BCUT2D eigenvalue weighted by atomic mass is 10.2. The number of benzene rings is 1. The highest BCUT2D eigenvalue weighted by Gasteiger charge is 2.14. The number of hydrogen-bond acceptors (Lipinski definition) is 7. The van der Waals surface area contributed by atoms with Gasteiger partial charge < -0.3 is 15.0 Å². The summed E-state index contributed by atoms with van der Waals surface area (Å²) >= 11 is 0. The van der Waals surface area contributed by atoms with Gasteiger partial charge in [-0.2, -0.15) is 4.98 Å². The van der Waals surface area contributed by atoms with Gasteiger partial charge in [0.25, 0.3) is 0 Å².